The summed E-state index contributed by atoms with van der Waals surface area (Å²) in [5.41, 5.74) is 1.12. The number of hydrogen-bond donors (Lipinski definition) is 0. The molecule has 0 N–H and O–H groups in total. The van der Waals surface area contributed by atoms with E-state index < -0.39 is 0 Å². The lowest BCUT2D eigenvalue weighted by Crippen LogP contribution is -2.34. The monoisotopic (exact) mass is 357 g/mol. The number of carbonyl (C=O) groups excluding carboxylic acids is 1. The van der Waals surface area contributed by atoms with E-state index in [1.807, 2.05) is 11.8 Å². The van der Waals surface area contributed by atoms with Crippen LogP contribution in [0.25, 0.3) is 0 Å². The first-order valence-corrected chi connectivity index (χ1v) is 10.4. The van der Waals surface area contributed by atoms with Crippen molar-refractivity contribution in [1.82, 2.24) is 15.1 Å². The Morgan fingerprint density at radius 1 is 1.32 bits per heavy atom. The highest BCUT2D eigenvalue weighted by Gasteiger charge is 2.26. The molecule has 0 radical (unpaired) electrons. The lowest BCUT2D eigenvalue weighted by atomic mass is 10.3. The van der Waals surface area contributed by atoms with E-state index in [1.54, 1.807) is 23.1 Å². The van der Waals surface area contributed by atoms with E-state index in [2.05, 4.69) is 23.7 Å². The van der Waals surface area contributed by atoms with Gasteiger partial charge < -0.3 is 4.90 Å². The summed E-state index contributed by atoms with van der Waals surface area (Å²) in [5.74, 6) is 2.30. The lowest BCUT2D eigenvalue weighted by molar-refractivity contribution is -0.128. The topological polar surface area (TPSA) is 46.1 Å². The zero-order chi connectivity index (χ0) is 15.9. The molecule has 1 aliphatic rings. The fourth-order valence-electron chi connectivity index (χ4n) is 1.91. The van der Waals surface area contributed by atoms with Gasteiger partial charge in [0.25, 0.3) is 0 Å². The molecule has 1 fully saturated rings. The number of thioether (sulfide) groups is 2. The third-order valence-electron chi connectivity index (χ3n) is 3.17. The highest BCUT2D eigenvalue weighted by atomic mass is 32.2. The quantitative estimate of drug-likeness (QED) is 0.469. The molecule has 1 heterocycles. The highest BCUT2D eigenvalue weighted by Crippen LogP contribution is 2.31. The number of hydrogen-bond acceptors (Lipinski definition) is 6. The second kappa shape index (κ2) is 8.93. The van der Waals surface area contributed by atoms with Gasteiger partial charge in [0.2, 0.25) is 5.91 Å². The number of amides is 1. The Labute approximate surface area is 145 Å². The van der Waals surface area contributed by atoms with E-state index >= 15 is 0 Å². The van der Waals surface area contributed by atoms with Gasteiger partial charge in [-0.3, -0.25) is 4.79 Å². The molecule has 0 spiro atoms. The number of rotatable bonds is 10. The van der Waals surface area contributed by atoms with Crippen LogP contribution in [-0.4, -0.2) is 45.6 Å². The first kappa shape index (κ1) is 17.8. The van der Waals surface area contributed by atoms with Gasteiger partial charge in [0, 0.05) is 18.8 Å². The molecule has 2 rings (SSSR count). The Morgan fingerprint density at radius 3 is 2.50 bits per heavy atom. The summed E-state index contributed by atoms with van der Waals surface area (Å²) in [6.45, 7) is 9.81. The molecule has 0 aromatic carbocycles. The fraction of sp³-hybridized carbons (Fsp3) is 0.667. The van der Waals surface area contributed by atoms with Gasteiger partial charge in [-0.1, -0.05) is 53.9 Å². The summed E-state index contributed by atoms with van der Waals surface area (Å²) in [4.78, 5) is 14.4. The van der Waals surface area contributed by atoms with Crippen LogP contribution >= 0.6 is 34.9 Å². The second-order valence-electron chi connectivity index (χ2n) is 5.65. The Bertz CT molecular complexity index is 514. The summed E-state index contributed by atoms with van der Waals surface area (Å²) in [6.07, 6.45) is 3.57. The van der Waals surface area contributed by atoms with Crippen LogP contribution in [0.5, 0.6) is 0 Å². The average molecular weight is 358 g/mol. The van der Waals surface area contributed by atoms with E-state index in [0.717, 1.165) is 45.4 Å². The normalized spacial score (nSPS) is 14.1. The minimum absolute atomic E-state index is 0.227. The molecule has 0 unspecified atom stereocenters. The summed E-state index contributed by atoms with van der Waals surface area (Å²) in [6, 6.07) is 0. The standard InChI is InChI=1S/C15H23N3OS3/c1-4-7-18(8-12-5-6-12)13(19)10-21-15-17-16-14(22-15)20-9-11(2)3/h12H,2,4-10H2,1,3H3. The zero-order valence-electron chi connectivity index (χ0n) is 13.2. The SMILES string of the molecule is C=C(C)CSc1nnc(SCC(=O)N(CCC)CC2CC2)s1. The second-order valence-corrected chi connectivity index (χ2v) is 9.07. The summed E-state index contributed by atoms with van der Waals surface area (Å²) in [5, 5.41) is 8.31. The summed E-state index contributed by atoms with van der Waals surface area (Å²) < 4.78 is 1.82. The Hall–Kier alpha value is -0.530. The van der Waals surface area contributed by atoms with Crippen molar-refractivity contribution in [3.8, 4) is 0 Å². The van der Waals surface area contributed by atoms with Crippen molar-refractivity contribution in [3.63, 3.8) is 0 Å². The number of aromatic nitrogens is 2. The van der Waals surface area contributed by atoms with Gasteiger partial charge in [0.15, 0.2) is 8.68 Å². The molecule has 0 atom stereocenters. The smallest absolute Gasteiger partial charge is 0.233 e. The van der Waals surface area contributed by atoms with E-state index in [9.17, 15) is 4.79 Å². The van der Waals surface area contributed by atoms with E-state index in [1.165, 1.54) is 24.6 Å². The van der Waals surface area contributed by atoms with Crippen LogP contribution in [0.4, 0.5) is 0 Å². The first-order chi connectivity index (χ1) is 10.6. The van der Waals surface area contributed by atoms with Crippen molar-refractivity contribution < 1.29 is 4.79 Å². The van der Waals surface area contributed by atoms with Crippen LogP contribution < -0.4 is 0 Å². The fourth-order valence-corrected chi connectivity index (χ4v) is 4.68. The minimum Gasteiger partial charge on any atom is -0.342 e. The third-order valence-corrected chi connectivity index (χ3v) is 6.58. The summed E-state index contributed by atoms with van der Waals surface area (Å²) >= 11 is 4.71. The van der Waals surface area contributed by atoms with Gasteiger partial charge >= 0.3 is 0 Å². The predicted octanol–water partition coefficient (Wildman–Crippen LogP) is 3.95. The van der Waals surface area contributed by atoms with Crippen LogP contribution in [-0.2, 0) is 4.79 Å². The van der Waals surface area contributed by atoms with Gasteiger partial charge in [0.1, 0.15) is 0 Å². The van der Waals surface area contributed by atoms with Crippen LogP contribution in [0.2, 0.25) is 0 Å². The molecule has 22 heavy (non-hydrogen) atoms. The molecule has 122 valence electrons. The first-order valence-electron chi connectivity index (χ1n) is 7.59. The van der Waals surface area contributed by atoms with Gasteiger partial charge in [-0.25, -0.2) is 0 Å². The van der Waals surface area contributed by atoms with Crippen LogP contribution in [0.15, 0.2) is 20.8 Å². The zero-order valence-corrected chi connectivity index (χ0v) is 15.7. The van der Waals surface area contributed by atoms with E-state index in [-0.39, 0.29) is 5.91 Å². The molecule has 1 aliphatic carbocycles. The molecular weight excluding hydrogens is 334 g/mol. The van der Waals surface area contributed by atoms with Crippen molar-refractivity contribution in [2.75, 3.05) is 24.6 Å². The molecule has 1 aromatic rings. The Kier molecular flexibility index (Phi) is 7.24. The molecule has 0 aliphatic heterocycles. The van der Waals surface area contributed by atoms with Gasteiger partial charge in [-0.15, -0.1) is 10.2 Å². The summed E-state index contributed by atoms with van der Waals surface area (Å²) in [7, 11) is 0. The molecule has 7 heteroatoms. The van der Waals surface area contributed by atoms with Crippen molar-refractivity contribution in [1.29, 1.82) is 0 Å². The average Bonchev–Trinajstić information content (AvgIpc) is 3.18. The maximum atomic E-state index is 12.3. The Morgan fingerprint density at radius 2 is 1.95 bits per heavy atom. The largest absolute Gasteiger partial charge is 0.342 e. The maximum absolute atomic E-state index is 12.3. The van der Waals surface area contributed by atoms with Crippen molar-refractivity contribution >= 4 is 40.8 Å². The van der Waals surface area contributed by atoms with Gasteiger partial charge in [0.05, 0.1) is 5.75 Å². The van der Waals surface area contributed by atoms with Crippen LogP contribution in [0, 0.1) is 5.92 Å². The molecule has 1 saturated carbocycles. The minimum atomic E-state index is 0.227. The van der Waals surface area contributed by atoms with Crippen molar-refractivity contribution in [2.24, 2.45) is 5.92 Å². The molecule has 0 saturated heterocycles. The molecule has 0 bridgehead atoms. The predicted molar refractivity (Wildman–Crippen MR) is 95.8 cm³/mol. The number of nitrogens with zero attached hydrogens (tertiary/aromatic N) is 3. The number of carbonyl (C=O) groups is 1. The molecular formula is C15H23N3OS3. The van der Waals surface area contributed by atoms with E-state index in [4.69, 9.17) is 0 Å². The lowest BCUT2D eigenvalue weighted by Gasteiger charge is -2.21. The molecule has 1 amide bonds. The van der Waals surface area contributed by atoms with Crippen LogP contribution in [0.3, 0.4) is 0 Å². The maximum Gasteiger partial charge on any atom is 0.233 e. The Balaban J connectivity index is 1.77. The highest BCUT2D eigenvalue weighted by molar-refractivity contribution is 8.03. The van der Waals surface area contributed by atoms with Gasteiger partial charge in [-0.05, 0) is 32.1 Å². The van der Waals surface area contributed by atoms with Crippen molar-refractivity contribution in [2.45, 2.75) is 41.8 Å². The third kappa shape index (κ3) is 6.30. The van der Waals surface area contributed by atoms with Crippen molar-refractivity contribution in [3.05, 3.63) is 12.2 Å². The van der Waals surface area contributed by atoms with Gasteiger partial charge in [-0.2, -0.15) is 0 Å². The van der Waals surface area contributed by atoms with Crippen LogP contribution in [0.1, 0.15) is 33.1 Å². The molecule has 4 nitrogen and oxygen atoms in total. The molecule has 1 aromatic heterocycles. The van der Waals surface area contributed by atoms with E-state index in [0.29, 0.717) is 5.75 Å².